The summed E-state index contributed by atoms with van der Waals surface area (Å²) in [6, 6.07) is -1.35. The van der Waals surface area contributed by atoms with Gasteiger partial charge in [-0.2, -0.15) is 0 Å². The first-order valence-electron chi connectivity index (χ1n) is 9.41. The molecule has 0 aliphatic carbocycles. The van der Waals surface area contributed by atoms with Gasteiger partial charge in [0.1, 0.15) is 36.6 Å². The lowest BCUT2D eigenvalue weighted by Gasteiger charge is -2.49. The summed E-state index contributed by atoms with van der Waals surface area (Å²) in [5.41, 5.74) is -2.54. The average molecular weight is 450 g/mol. The van der Waals surface area contributed by atoms with Gasteiger partial charge in [-0.3, -0.25) is 4.79 Å². The Hall–Kier alpha value is -1.79. The number of aliphatic hydroxyl groups excluding tert-OH is 6. The van der Waals surface area contributed by atoms with E-state index in [1.54, 1.807) is 0 Å². The minimum Gasteiger partial charge on any atom is -0.394 e. The monoisotopic (exact) mass is 450 g/mol. The molecule has 0 spiro atoms. The fraction of sp³-hybridized carbons (Fsp3) is 0.812. The number of carbonyl (C=O) groups is 1. The Balaban J connectivity index is 1.88. The maximum Gasteiger partial charge on any atom is 0.219 e. The molecular formula is C16H26N4O11. The molecule has 3 rings (SSSR count). The second-order valence-corrected chi connectivity index (χ2v) is 7.31. The summed E-state index contributed by atoms with van der Waals surface area (Å²) in [5, 5.41) is 81.4. The van der Waals surface area contributed by atoms with Crippen LogP contribution in [0.3, 0.4) is 0 Å². The third-order valence-corrected chi connectivity index (χ3v) is 5.29. The Morgan fingerprint density at radius 3 is 2.39 bits per heavy atom. The smallest absolute Gasteiger partial charge is 0.219 e. The van der Waals surface area contributed by atoms with E-state index >= 15 is 0 Å². The Kier molecular flexibility index (Phi) is 7.21. The predicted molar refractivity (Wildman–Crippen MR) is 94.4 cm³/mol. The topological polar surface area (TPSA) is 229 Å². The summed E-state index contributed by atoms with van der Waals surface area (Å²) in [7, 11) is 0. The van der Waals surface area contributed by atoms with Crippen molar-refractivity contribution >= 4 is 5.91 Å². The maximum atomic E-state index is 11.4. The first-order valence-corrected chi connectivity index (χ1v) is 9.41. The van der Waals surface area contributed by atoms with Crippen LogP contribution < -0.4 is 5.32 Å². The first kappa shape index (κ1) is 23.9. The van der Waals surface area contributed by atoms with Crippen LogP contribution in [-0.4, -0.2) is 125 Å². The number of aliphatic hydroxyl groups is 7. The Morgan fingerprint density at radius 1 is 1.16 bits per heavy atom. The van der Waals surface area contributed by atoms with Crippen molar-refractivity contribution in [2.24, 2.45) is 0 Å². The Labute approximate surface area is 175 Å². The zero-order valence-corrected chi connectivity index (χ0v) is 16.4. The predicted octanol–water partition coefficient (Wildman–Crippen LogP) is -5.68. The average Bonchev–Trinajstić information content (AvgIpc) is 3.28. The zero-order chi connectivity index (χ0) is 22.9. The molecule has 1 aromatic heterocycles. The van der Waals surface area contributed by atoms with Gasteiger partial charge in [0.15, 0.2) is 18.7 Å². The lowest BCUT2D eigenvalue weighted by Crippen LogP contribution is -2.70. The molecule has 0 radical (unpaired) electrons. The number of ether oxygens (including phenoxy) is 3. The van der Waals surface area contributed by atoms with E-state index in [4.69, 9.17) is 14.2 Å². The molecule has 2 aliphatic rings. The van der Waals surface area contributed by atoms with Gasteiger partial charge in [-0.25, -0.2) is 4.68 Å². The highest BCUT2D eigenvalue weighted by Gasteiger charge is 2.59. The number of amides is 1. The van der Waals surface area contributed by atoms with Crippen molar-refractivity contribution in [1.82, 2.24) is 20.3 Å². The lowest BCUT2D eigenvalue weighted by molar-refractivity contribution is -0.382. The first-order chi connectivity index (χ1) is 14.6. The molecule has 1 aromatic rings. The fourth-order valence-corrected chi connectivity index (χ4v) is 3.69. The van der Waals surface area contributed by atoms with Gasteiger partial charge >= 0.3 is 0 Å². The van der Waals surface area contributed by atoms with Crippen LogP contribution in [0.1, 0.15) is 6.92 Å². The quantitative estimate of drug-likeness (QED) is 0.202. The van der Waals surface area contributed by atoms with Crippen LogP contribution in [0.4, 0.5) is 0 Å². The van der Waals surface area contributed by atoms with Gasteiger partial charge < -0.3 is 55.3 Å². The van der Waals surface area contributed by atoms with Crippen molar-refractivity contribution in [3.63, 3.8) is 0 Å². The van der Waals surface area contributed by atoms with E-state index < -0.39 is 80.1 Å². The van der Waals surface area contributed by atoms with Crippen LogP contribution in [0.25, 0.3) is 0 Å². The van der Waals surface area contributed by atoms with E-state index in [1.165, 1.54) is 6.20 Å². The van der Waals surface area contributed by atoms with E-state index in [9.17, 15) is 40.5 Å². The minimum absolute atomic E-state index is 0.592. The lowest BCUT2D eigenvalue weighted by atomic mass is 9.91. The Bertz CT molecular complexity index is 739. The zero-order valence-electron chi connectivity index (χ0n) is 16.4. The molecule has 0 saturated carbocycles. The van der Waals surface area contributed by atoms with Gasteiger partial charge in [0.05, 0.1) is 19.4 Å². The van der Waals surface area contributed by atoms with Gasteiger partial charge in [0, 0.05) is 13.1 Å². The maximum absolute atomic E-state index is 11.4. The van der Waals surface area contributed by atoms with Crippen LogP contribution in [0, 0.1) is 0 Å². The summed E-state index contributed by atoms with van der Waals surface area (Å²) in [4.78, 5) is 11.4. The van der Waals surface area contributed by atoms with Crippen LogP contribution >= 0.6 is 0 Å². The highest BCUT2D eigenvalue weighted by Crippen LogP contribution is 2.36. The second kappa shape index (κ2) is 9.37. The normalized spacial score (nSPS) is 43.5. The fourth-order valence-electron chi connectivity index (χ4n) is 3.69. The van der Waals surface area contributed by atoms with Crippen molar-refractivity contribution in [2.45, 2.75) is 67.9 Å². The van der Waals surface area contributed by atoms with E-state index in [-0.39, 0.29) is 0 Å². The summed E-state index contributed by atoms with van der Waals surface area (Å²) >= 11 is 0. The van der Waals surface area contributed by atoms with Crippen molar-refractivity contribution in [3.8, 4) is 0 Å². The summed E-state index contributed by atoms with van der Waals surface area (Å²) in [6.07, 6.45) is -10.9. The third-order valence-electron chi connectivity index (χ3n) is 5.29. The van der Waals surface area contributed by atoms with Crippen LogP contribution in [-0.2, 0) is 24.7 Å². The van der Waals surface area contributed by atoms with E-state index in [2.05, 4.69) is 15.6 Å². The summed E-state index contributed by atoms with van der Waals surface area (Å²) in [5.74, 6) is -0.592. The molecule has 2 fully saturated rings. The van der Waals surface area contributed by atoms with Crippen molar-refractivity contribution < 1.29 is 54.8 Å². The van der Waals surface area contributed by atoms with Gasteiger partial charge in [-0.1, -0.05) is 5.21 Å². The number of rotatable bonds is 6. The largest absolute Gasteiger partial charge is 0.394 e. The number of hydrogen-bond donors (Lipinski definition) is 8. The summed E-state index contributed by atoms with van der Waals surface area (Å²) in [6.45, 7) is -0.369. The SMILES string of the molecule is CC(=O)N[C@H]1C(O)O[C@H](CO)[C@@H](O[C@@H]2O[C@H](CO)[C@H](O)[C@@](O)(n3ccnn3)[C@H]2O)[C@@H]1O. The molecule has 2 aliphatic heterocycles. The number of hydrogen-bond acceptors (Lipinski definition) is 13. The van der Waals surface area contributed by atoms with Crippen molar-refractivity contribution in [2.75, 3.05) is 13.2 Å². The standard InChI is InChI=1S/C16H26N4O11/c1-6(23)18-9-10(24)11(7(4-21)29-14(9)27)31-15-13(26)16(28,20-3-2-17-19-20)12(25)8(5-22)30-15/h2-3,7-15,21-22,24-28H,4-5H2,1H3,(H,18,23)/t7-,8-,9-,10-,11-,12+,13+,14?,15+,16+/m1/s1. The molecule has 15 nitrogen and oxygen atoms in total. The molecule has 176 valence electrons. The molecule has 10 atom stereocenters. The minimum atomic E-state index is -2.54. The molecular weight excluding hydrogens is 424 g/mol. The molecule has 8 N–H and O–H groups in total. The van der Waals surface area contributed by atoms with Gasteiger partial charge in [0.2, 0.25) is 11.6 Å². The van der Waals surface area contributed by atoms with Gasteiger partial charge in [0.25, 0.3) is 0 Å². The summed E-state index contributed by atoms with van der Waals surface area (Å²) < 4.78 is 16.9. The molecule has 1 unspecified atom stereocenters. The van der Waals surface area contributed by atoms with E-state index in [1.807, 2.05) is 0 Å². The molecule has 2 saturated heterocycles. The van der Waals surface area contributed by atoms with Crippen molar-refractivity contribution in [3.05, 3.63) is 12.4 Å². The van der Waals surface area contributed by atoms with E-state index in [0.717, 1.165) is 17.8 Å². The highest BCUT2D eigenvalue weighted by molar-refractivity contribution is 5.73. The van der Waals surface area contributed by atoms with Crippen molar-refractivity contribution in [1.29, 1.82) is 0 Å². The van der Waals surface area contributed by atoms with E-state index in [0.29, 0.717) is 0 Å². The van der Waals surface area contributed by atoms with Crippen LogP contribution in [0.2, 0.25) is 0 Å². The van der Waals surface area contributed by atoms with Crippen LogP contribution in [0.5, 0.6) is 0 Å². The number of aromatic nitrogens is 3. The third kappa shape index (κ3) is 4.29. The molecule has 15 heteroatoms. The molecule has 0 aromatic carbocycles. The Morgan fingerprint density at radius 2 is 1.84 bits per heavy atom. The molecule has 31 heavy (non-hydrogen) atoms. The number of nitrogens with zero attached hydrogens (tertiary/aromatic N) is 3. The highest BCUT2D eigenvalue weighted by atomic mass is 16.7. The number of nitrogens with one attached hydrogen (secondary N) is 1. The molecule has 3 heterocycles. The second-order valence-electron chi connectivity index (χ2n) is 7.31. The van der Waals surface area contributed by atoms with Crippen LogP contribution in [0.15, 0.2) is 12.4 Å². The van der Waals surface area contributed by atoms with Gasteiger partial charge in [-0.05, 0) is 0 Å². The number of carbonyl (C=O) groups excluding carboxylic acids is 1. The molecule has 0 bridgehead atoms. The van der Waals surface area contributed by atoms with Gasteiger partial charge in [-0.15, -0.1) is 5.10 Å². The molecule has 1 amide bonds.